The van der Waals surface area contributed by atoms with Gasteiger partial charge in [-0.2, -0.15) is 0 Å². The topological polar surface area (TPSA) is 80.3 Å². The maximum Gasteiger partial charge on any atom is 0.338 e. The minimum absolute atomic E-state index is 0.0154. The largest absolute Gasteiger partial charge is 0.493 e. The maximum atomic E-state index is 12.8. The van der Waals surface area contributed by atoms with Crippen LogP contribution in [-0.4, -0.2) is 38.8 Å². The average molecular weight is 444 g/mol. The summed E-state index contributed by atoms with van der Waals surface area (Å²) < 4.78 is 50.0. The second-order valence-corrected chi connectivity index (χ2v) is 8.40. The number of fused-ring (bicyclic) bond motifs is 1. The number of hydrogen-bond donors (Lipinski definition) is 0. The molecule has 1 saturated carbocycles. The summed E-state index contributed by atoms with van der Waals surface area (Å²) in [7, 11) is -1.31. The highest BCUT2D eigenvalue weighted by atomic mass is 16.6. The third kappa shape index (κ3) is 3.87. The van der Waals surface area contributed by atoms with E-state index in [4.69, 9.17) is 27.8 Å². The first-order chi connectivity index (χ1) is 16.5. The fourth-order valence-corrected chi connectivity index (χ4v) is 4.05. The number of ether oxygens (including phenoxy) is 5. The lowest BCUT2D eigenvalue weighted by Gasteiger charge is -2.39. The third-order valence-electron chi connectivity index (χ3n) is 5.96. The fraction of sp³-hybridized carbons (Fsp3) is 0.440. The van der Waals surface area contributed by atoms with Crippen LogP contribution in [0.4, 0.5) is 0 Å². The van der Waals surface area contributed by atoms with E-state index in [0.717, 1.165) is 12.0 Å². The van der Waals surface area contributed by atoms with E-state index in [1.165, 1.54) is 13.2 Å². The van der Waals surface area contributed by atoms with E-state index in [1.807, 2.05) is 6.07 Å². The molecule has 0 unspecified atom stereocenters. The van der Waals surface area contributed by atoms with Gasteiger partial charge in [-0.25, -0.2) is 4.79 Å². The van der Waals surface area contributed by atoms with Gasteiger partial charge in [-0.1, -0.05) is 12.5 Å². The van der Waals surface area contributed by atoms with Crippen LogP contribution in [0.3, 0.4) is 0 Å². The van der Waals surface area contributed by atoms with Gasteiger partial charge in [0.05, 0.1) is 29.9 Å². The molecule has 2 aromatic rings. The van der Waals surface area contributed by atoms with E-state index in [2.05, 4.69) is 0 Å². The van der Waals surface area contributed by atoms with E-state index in [0.29, 0.717) is 29.5 Å². The second kappa shape index (κ2) is 8.73. The van der Waals surface area contributed by atoms with Gasteiger partial charge in [-0.05, 0) is 56.5 Å². The summed E-state index contributed by atoms with van der Waals surface area (Å²) in [4.78, 5) is 24.7. The summed E-state index contributed by atoms with van der Waals surface area (Å²) >= 11 is 0. The molecule has 2 aliphatic rings. The number of benzene rings is 2. The summed E-state index contributed by atoms with van der Waals surface area (Å²) in [6.45, 7) is 3.79. The van der Waals surface area contributed by atoms with Gasteiger partial charge in [0.15, 0.2) is 11.5 Å². The molecule has 0 amide bonds. The van der Waals surface area contributed by atoms with Crippen LogP contribution in [0.25, 0.3) is 11.1 Å². The van der Waals surface area contributed by atoms with Crippen LogP contribution in [-0.2, 0) is 20.9 Å². The normalized spacial score (nSPS) is 17.9. The van der Waals surface area contributed by atoms with Gasteiger partial charge in [0.2, 0.25) is 5.75 Å². The lowest BCUT2D eigenvalue weighted by Crippen LogP contribution is -2.45. The van der Waals surface area contributed by atoms with Gasteiger partial charge >= 0.3 is 11.9 Å². The quantitative estimate of drug-likeness (QED) is 0.554. The van der Waals surface area contributed by atoms with Crippen molar-refractivity contribution in [2.24, 2.45) is 5.41 Å². The molecule has 7 heteroatoms. The Bertz CT molecular complexity index is 1140. The molecule has 0 spiro atoms. The van der Waals surface area contributed by atoms with Crippen molar-refractivity contribution in [3.8, 4) is 28.4 Å². The summed E-state index contributed by atoms with van der Waals surface area (Å²) in [5, 5.41) is 0. The van der Waals surface area contributed by atoms with Gasteiger partial charge < -0.3 is 23.7 Å². The SMILES string of the molecule is [2H]C([2H])([2H])Oc1ccc(-c2ccc3c(c2)COC3=O)c(OCC2(C(=O)OC(C)C)CCC2)c1OC. The zero-order chi connectivity index (χ0) is 25.4. The molecule has 0 saturated heterocycles. The first-order valence-electron chi connectivity index (χ1n) is 12.1. The average Bonchev–Trinajstić information content (AvgIpc) is 3.11. The van der Waals surface area contributed by atoms with Crippen LogP contribution in [0.15, 0.2) is 30.3 Å². The van der Waals surface area contributed by atoms with Crippen LogP contribution in [0, 0.1) is 5.41 Å². The minimum Gasteiger partial charge on any atom is -0.493 e. The Balaban J connectivity index is 1.74. The minimum atomic E-state index is -2.70. The Morgan fingerprint density at radius 1 is 1.16 bits per heavy atom. The zero-order valence-corrected chi connectivity index (χ0v) is 18.4. The highest BCUT2D eigenvalue weighted by Gasteiger charge is 2.47. The zero-order valence-electron chi connectivity index (χ0n) is 21.4. The standard InChI is InChI=1S/C25H28O7/c1-15(2)32-24(27)25(10-5-11-25)14-31-21-18(8-9-20(28-3)22(21)29-4)16-6-7-19-17(12-16)13-30-23(19)26/h6-9,12,15H,5,10-11,13-14H2,1-4H3/i3D3. The number of methoxy groups -OCH3 is 2. The molecule has 1 heterocycles. The summed E-state index contributed by atoms with van der Waals surface area (Å²) in [6.07, 6.45) is 1.87. The van der Waals surface area contributed by atoms with E-state index in [9.17, 15) is 9.59 Å². The smallest absolute Gasteiger partial charge is 0.338 e. The molecule has 1 aliphatic carbocycles. The second-order valence-electron chi connectivity index (χ2n) is 8.40. The first-order valence-corrected chi connectivity index (χ1v) is 10.6. The monoisotopic (exact) mass is 443 g/mol. The van der Waals surface area contributed by atoms with Crippen molar-refractivity contribution in [1.29, 1.82) is 0 Å². The number of carbonyl (C=O) groups excluding carboxylic acids is 2. The van der Waals surface area contributed by atoms with E-state index in [1.54, 1.807) is 32.0 Å². The first kappa shape index (κ1) is 18.4. The number of carbonyl (C=O) groups is 2. The van der Waals surface area contributed by atoms with E-state index >= 15 is 0 Å². The molecule has 1 aliphatic heterocycles. The molecule has 2 aromatic carbocycles. The number of esters is 2. The molecule has 7 nitrogen and oxygen atoms in total. The molecular weight excluding hydrogens is 412 g/mol. The predicted molar refractivity (Wildman–Crippen MR) is 117 cm³/mol. The van der Waals surface area contributed by atoms with Crippen LogP contribution in [0.2, 0.25) is 0 Å². The van der Waals surface area contributed by atoms with Crippen molar-refractivity contribution in [2.75, 3.05) is 20.8 Å². The van der Waals surface area contributed by atoms with Gasteiger partial charge in [-0.3, -0.25) is 4.79 Å². The molecule has 1 fully saturated rings. The lowest BCUT2D eigenvalue weighted by atomic mass is 9.69. The molecule has 170 valence electrons. The van der Waals surface area contributed by atoms with Crippen molar-refractivity contribution in [3.05, 3.63) is 41.5 Å². The van der Waals surface area contributed by atoms with Crippen LogP contribution < -0.4 is 14.2 Å². The molecule has 0 aromatic heterocycles. The van der Waals surface area contributed by atoms with Crippen LogP contribution >= 0.6 is 0 Å². The highest BCUT2D eigenvalue weighted by Crippen LogP contribution is 2.48. The van der Waals surface area contributed by atoms with Crippen LogP contribution in [0.5, 0.6) is 17.2 Å². The van der Waals surface area contributed by atoms with Crippen LogP contribution in [0.1, 0.15) is 53.1 Å². The molecular formula is C25H28O7. The molecule has 32 heavy (non-hydrogen) atoms. The molecule has 0 N–H and O–H groups in total. The van der Waals surface area contributed by atoms with Gasteiger partial charge in [0, 0.05) is 11.1 Å². The molecule has 4 rings (SSSR count). The maximum absolute atomic E-state index is 12.8. The lowest BCUT2D eigenvalue weighted by molar-refractivity contribution is -0.168. The highest BCUT2D eigenvalue weighted by molar-refractivity contribution is 5.94. The van der Waals surface area contributed by atoms with E-state index in [-0.39, 0.29) is 48.5 Å². The predicted octanol–water partition coefficient (Wildman–Crippen LogP) is 4.54. The number of hydrogen-bond acceptors (Lipinski definition) is 7. The summed E-state index contributed by atoms with van der Waals surface area (Å²) in [5.41, 5.74) is 1.74. The Morgan fingerprint density at radius 2 is 1.94 bits per heavy atom. The Kier molecular flexibility index (Phi) is 5.01. The van der Waals surface area contributed by atoms with Crippen molar-refractivity contribution in [3.63, 3.8) is 0 Å². The van der Waals surface area contributed by atoms with Crippen molar-refractivity contribution < 1.29 is 37.4 Å². The Hall–Kier alpha value is -3.22. The van der Waals surface area contributed by atoms with Gasteiger partial charge in [0.25, 0.3) is 0 Å². The number of rotatable bonds is 8. The molecule has 0 bridgehead atoms. The third-order valence-corrected chi connectivity index (χ3v) is 5.96. The van der Waals surface area contributed by atoms with Crippen molar-refractivity contribution in [1.82, 2.24) is 0 Å². The molecule has 0 radical (unpaired) electrons. The Labute approximate surface area is 191 Å². The van der Waals surface area contributed by atoms with Crippen molar-refractivity contribution in [2.45, 2.75) is 45.8 Å². The van der Waals surface area contributed by atoms with Gasteiger partial charge in [0.1, 0.15) is 18.6 Å². The summed E-state index contributed by atoms with van der Waals surface area (Å²) in [6, 6.07) is 8.41. The fourth-order valence-electron chi connectivity index (χ4n) is 4.05. The van der Waals surface area contributed by atoms with Crippen molar-refractivity contribution >= 4 is 11.9 Å². The van der Waals surface area contributed by atoms with Gasteiger partial charge in [-0.15, -0.1) is 0 Å². The summed E-state index contributed by atoms with van der Waals surface area (Å²) in [5.74, 6) is -0.375. The molecule has 0 atom stereocenters. The number of cyclic esters (lactones) is 1. The van der Waals surface area contributed by atoms with E-state index < -0.39 is 12.5 Å². The Morgan fingerprint density at radius 3 is 2.59 bits per heavy atom.